The van der Waals surface area contributed by atoms with Gasteiger partial charge in [-0.15, -0.1) is 11.3 Å². The van der Waals surface area contributed by atoms with Gasteiger partial charge in [-0.25, -0.2) is 9.97 Å². The van der Waals surface area contributed by atoms with Crippen molar-refractivity contribution in [2.45, 2.75) is 32.4 Å². The molecule has 2 atom stereocenters. The van der Waals surface area contributed by atoms with Crippen LogP contribution in [0, 0.1) is 0 Å². The van der Waals surface area contributed by atoms with Crippen LogP contribution >= 0.6 is 11.3 Å². The number of nitrogens with zero attached hydrogens (tertiary/aromatic N) is 4. The predicted molar refractivity (Wildman–Crippen MR) is 112 cm³/mol. The molecule has 1 aliphatic rings. The topological polar surface area (TPSA) is 100 Å². The van der Waals surface area contributed by atoms with Crippen LogP contribution in [0.25, 0.3) is 10.2 Å². The maximum Gasteiger partial charge on any atom is 0.274 e. The van der Waals surface area contributed by atoms with Crippen molar-refractivity contribution >= 4 is 39.3 Å². The minimum Gasteiger partial charge on any atom is -0.352 e. The number of amides is 2. The van der Waals surface area contributed by atoms with Gasteiger partial charge >= 0.3 is 0 Å². The van der Waals surface area contributed by atoms with E-state index in [1.807, 2.05) is 30.5 Å². The van der Waals surface area contributed by atoms with Crippen LogP contribution < -0.4 is 10.6 Å². The molecule has 1 fully saturated rings. The van der Waals surface area contributed by atoms with E-state index >= 15 is 0 Å². The molecule has 0 spiro atoms. The highest BCUT2D eigenvalue weighted by Gasteiger charge is 2.30. The molecule has 2 N–H and O–H groups in total. The Morgan fingerprint density at radius 1 is 1.31 bits per heavy atom. The van der Waals surface area contributed by atoms with Gasteiger partial charge in [0.05, 0.1) is 16.3 Å². The fraction of sp³-hybridized carbons (Fsp3) is 0.350. The second-order valence-electron chi connectivity index (χ2n) is 7.12. The van der Waals surface area contributed by atoms with Crippen LogP contribution in [0.15, 0.2) is 36.0 Å². The van der Waals surface area contributed by atoms with Gasteiger partial charge in [0, 0.05) is 38.4 Å². The van der Waals surface area contributed by atoms with Crippen molar-refractivity contribution in [3.63, 3.8) is 0 Å². The number of anilines is 1. The van der Waals surface area contributed by atoms with Gasteiger partial charge < -0.3 is 15.5 Å². The molecule has 0 aliphatic carbocycles. The van der Waals surface area contributed by atoms with Crippen molar-refractivity contribution in [2.24, 2.45) is 0 Å². The van der Waals surface area contributed by atoms with Crippen molar-refractivity contribution < 1.29 is 9.59 Å². The lowest BCUT2D eigenvalue weighted by atomic mass is 10.1. The molecule has 9 heteroatoms. The molecule has 150 valence electrons. The van der Waals surface area contributed by atoms with Gasteiger partial charge in [-0.3, -0.25) is 14.6 Å². The van der Waals surface area contributed by atoms with E-state index in [1.165, 1.54) is 18.3 Å². The van der Waals surface area contributed by atoms with E-state index in [0.717, 1.165) is 22.2 Å². The average molecular weight is 411 g/mol. The molecule has 8 nitrogen and oxygen atoms in total. The maximum atomic E-state index is 13.2. The third kappa shape index (κ3) is 4.19. The number of pyridine rings is 1. The summed E-state index contributed by atoms with van der Waals surface area (Å²) in [6, 6.07) is 5.68. The summed E-state index contributed by atoms with van der Waals surface area (Å²) < 4.78 is 0.776. The molecule has 2 amide bonds. The Morgan fingerprint density at radius 3 is 2.93 bits per heavy atom. The van der Waals surface area contributed by atoms with E-state index in [1.54, 1.807) is 17.3 Å². The van der Waals surface area contributed by atoms with Crippen LogP contribution in [-0.4, -0.2) is 50.8 Å². The molecule has 29 heavy (non-hydrogen) atoms. The van der Waals surface area contributed by atoms with Gasteiger partial charge in [0.25, 0.3) is 5.91 Å². The highest BCUT2D eigenvalue weighted by atomic mass is 32.1. The largest absolute Gasteiger partial charge is 0.352 e. The number of carbonyl (C=O) groups is 2. The number of aromatic nitrogens is 3. The lowest BCUT2D eigenvalue weighted by Gasteiger charge is -2.18. The standard InChI is InChI=1S/C20H22N6O2S/c1-12(14-4-3-7-21-10-14)22-20-24-16-6-9-29-18(16)17(25-20)19(28)26-8-5-15(11-26)23-13(2)27/h3-4,6-7,9-10,12,15H,5,8,11H2,1-2H3,(H,23,27)(H,22,24,25). The number of hydrogen-bond donors (Lipinski definition) is 2. The number of fused-ring (bicyclic) bond motifs is 1. The van der Waals surface area contributed by atoms with Crippen LogP contribution in [-0.2, 0) is 4.79 Å². The summed E-state index contributed by atoms with van der Waals surface area (Å²) in [6.07, 6.45) is 4.26. The Kier molecular flexibility index (Phi) is 5.39. The molecule has 1 saturated heterocycles. The Morgan fingerprint density at radius 2 is 2.17 bits per heavy atom. The first-order valence-electron chi connectivity index (χ1n) is 9.49. The normalized spacial score (nSPS) is 17.3. The van der Waals surface area contributed by atoms with Gasteiger partial charge in [0.1, 0.15) is 0 Å². The zero-order valence-corrected chi connectivity index (χ0v) is 17.1. The van der Waals surface area contributed by atoms with E-state index in [4.69, 9.17) is 0 Å². The number of thiophene rings is 1. The van der Waals surface area contributed by atoms with E-state index in [-0.39, 0.29) is 23.9 Å². The van der Waals surface area contributed by atoms with Gasteiger partial charge in [0.15, 0.2) is 5.69 Å². The highest BCUT2D eigenvalue weighted by molar-refractivity contribution is 7.17. The number of rotatable bonds is 5. The lowest BCUT2D eigenvalue weighted by Crippen LogP contribution is -2.37. The number of likely N-dealkylation sites (tertiary alicyclic amines) is 1. The molecular formula is C20H22N6O2S. The first-order valence-corrected chi connectivity index (χ1v) is 10.4. The van der Waals surface area contributed by atoms with Crippen molar-refractivity contribution in [3.8, 4) is 0 Å². The zero-order valence-electron chi connectivity index (χ0n) is 16.3. The van der Waals surface area contributed by atoms with Crippen molar-refractivity contribution in [2.75, 3.05) is 18.4 Å². The molecule has 3 aromatic heterocycles. The van der Waals surface area contributed by atoms with Crippen LogP contribution in [0.3, 0.4) is 0 Å². The number of hydrogen-bond acceptors (Lipinski definition) is 7. The van der Waals surface area contributed by atoms with Gasteiger partial charge in [0.2, 0.25) is 11.9 Å². The molecule has 4 rings (SSSR count). The minimum atomic E-state index is -0.134. The molecule has 0 radical (unpaired) electrons. The van der Waals surface area contributed by atoms with Crippen LogP contribution in [0.2, 0.25) is 0 Å². The van der Waals surface area contributed by atoms with E-state index in [0.29, 0.717) is 24.7 Å². The van der Waals surface area contributed by atoms with Crippen LogP contribution in [0.4, 0.5) is 5.95 Å². The summed E-state index contributed by atoms with van der Waals surface area (Å²) in [5.41, 5.74) is 2.15. The molecule has 0 bridgehead atoms. The summed E-state index contributed by atoms with van der Waals surface area (Å²) in [5.74, 6) is 0.195. The van der Waals surface area contributed by atoms with Crippen molar-refractivity contribution in [1.82, 2.24) is 25.2 Å². The summed E-state index contributed by atoms with van der Waals surface area (Å²) in [4.78, 5) is 39.5. The fourth-order valence-corrected chi connectivity index (χ4v) is 4.29. The van der Waals surface area contributed by atoms with Crippen LogP contribution in [0.1, 0.15) is 42.4 Å². The predicted octanol–water partition coefficient (Wildman–Crippen LogP) is 2.61. The third-order valence-corrected chi connectivity index (χ3v) is 5.83. The SMILES string of the molecule is CC(=O)NC1CCN(C(=O)c2nc(NC(C)c3cccnc3)nc3ccsc23)C1. The maximum absolute atomic E-state index is 13.2. The molecule has 4 heterocycles. The van der Waals surface area contributed by atoms with Gasteiger partial charge in [-0.05, 0) is 36.4 Å². The van der Waals surface area contributed by atoms with Crippen LogP contribution in [0.5, 0.6) is 0 Å². The first-order chi connectivity index (χ1) is 14.0. The first kappa shape index (κ1) is 19.3. The smallest absolute Gasteiger partial charge is 0.274 e. The Labute approximate surface area is 172 Å². The number of nitrogens with one attached hydrogen (secondary N) is 2. The summed E-state index contributed by atoms with van der Waals surface area (Å²) in [6.45, 7) is 4.57. The Balaban J connectivity index is 1.58. The van der Waals surface area contributed by atoms with Crippen molar-refractivity contribution in [3.05, 3.63) is 47.2 Å². The molecule has 1 aliphatic heterocycles. The Hall–Kier alpha value is -3.07. The third-order valence-electron chi connectivity index (χ3n) is 4.92. The van der Waals surface area contributed by atoms with E-state index in [2.05, 4.69) is 25.6 Å². The molecule has 3 aromatic rings. The zero-order chi connectivity index (χ0) is 20.4. The molecule has 0 aromatic carbocycles. The number of carbonyl (C=O) groups excluding carboxylic acids is 2. The molecular weight excluding hydrogens is 388 g/mol. The van der Waals surface area contributed by atoms with E-state index < -0.39 is 0 Å². The summed E-state index contributed by atoms with van der Waals surface area (Å²) in [7, 11) is 0. The lowest BCUT2D eigenvalue weighted by molar-refractivity contribution is -0.119. The van der Waals surface area contributed by atoms with E-state index in [9.17, 15) is 9.59 Å². The average Bonchev–Trinajstić information content (AvgIpc) is 3.36. The second kappa shape index (κ2) is 8.12. The Bertz CT molecular complexity index is 1040. The fourth-order valence-electron chi connectivity index (χ4n) is 3.48. The molecule has 2 unspecified atom stereocenters. The quantitative estimate of drug-likeness (QED) is 0.671. The second-order valence-corrected chi connectivity index (χ2v) is 8.04. The highest BCUT2D eigenvalue weighted by Crippen LogP contribution is 2.27. The monoisotopic (exact) mass is 410 g/mol. The minimum absolute atomic E-state index is 0.0136. The molecule has 0 saturated carbocycles. The summed E-state index contributed by atoms with van der Waals surface area (Å²) >= 11 is 1.46. The van der Waals surface area contributed by atoms with Gasteiger partial charge in [-0.2, -0.15) is 0 Å². The summed E-state index contributed by atoms with van der Waals surface area (Å²) in [5, 5.41) is 8.07. The van der Waals surface area contributed by atoms with Gasteiger partial charge in [-0.1, -0.05) is 6.07 Å². The van der Waals surface area contributed by atoms with Crippen molar-refractivity contribution in [1.29, 1.82) is 0 Å².